The Bertz CT molecular complexity index is 223. The Hall–Kier alpha value is -0.0800. The minimum absolute atomic E-state index is 0.751. The molecule has 1 saturated heterocycles. The van der Waals surface area contributed by atoms with Crippen LogP contribution in [0.2, 0.25) is 0 Å². The normalized spacial score (nSPS) is 29.3. The van der Waals surface area contributed by atoms with E-state index in [1.807, 2.05) is 0 Å². The Morgan fingerprint density at radius 2 is 1.88 bits per heavy atom. The Labute approximate surface area is 107 Å². The van der Waals surface area contributed by atoms with Crippen molar-refractivity contribution >= 4 is 0 Å². The summed E-state index contributed by atoms with van der Waals surface area (Å²) in [5.74, 6) is 1.71. The molecule has 0 aromatic rings. The van der Waals surface area contributed by atoms with Crippen molar-refractivity contribution in [3.05, 3.63) is 0 Å². The molecular weight excluding hydrogens is 208 g/mol. The van der Waals surface area contributed by atoms with Gasteiger partial charge in [0.1, 0.15) is 0 Å². The molecule has 100 valence electrons. The molecule has 0 amide bonds. The van der Waals surface area contributed by atoms with E-state index in [2.05, 4.69) is 31.0 Å². The second-order valence-corrected chi connectivity index (χ2v) is 6.57. The van der Waals surface area contributed by atoms with Crippen molar-refractivity contribution in [1.29, 1.82) is 0 Å². The third-order valence-corrected chi connectivity index (χ3v) is 4.48. The first-order chi connectivity index (χ1) is 8.16. The molecule has 2 rings (SSSR count). The molecule has 2 atom stereocenters. The molecule has 0 aromatic carbocycles. The van der Waals surface area contributed by atoms with Crippen molar-refractivity contribution in [1.82, 2.24) is 10.2 Å². The molecule has 0 bridgehead atoms. The lowest BCUT2D eigenvalue weighted by Gasteiger charge is -2.34. The Morgan fingerprint density at radius 3 is 2.53 bits per heavy atom. The van der Waals surface area contributed by atoms with Gasteiger partial charge in [-0.25, -0.2) is 0 Å². The highest BCUT2D eigenvalue weighted by Gasteiger charge is 2.27. The maximum absolute atomic E-state index is 3.73. The highest BCUT2D eigenvalue weighted by atomic mass is 15.2. The van der Waals surface area contributed by atoms with Gasteiger partial charge in [0.05, 0.1) is 0 Å². The second kappa shape index (κ2) is 6.19. The number of hydrogen-bond donors (Lipinski definition) is 1. The van der Waals surface area contributed by atoms with Crippen molar-refractivity contribution in [2.75, 3.05) is 19.6 Å². The molecule has 2 fully saturated rings. The van der Waals surface area contributed by atoms with Gasteiger partial charge in [-0.3, -0.25) is 4.90 Å². The zero-order chi connectivity index (χ0) is 12.3. The summed E-state index contributed by atoms with van der Waals surface area (Å²) in [6, 6.07) is 1.60. The fourth-order valence-electron chi connectivity index (χ4n) is 2.98. The van der Waals surface area contributed by atoms with Crippen LogP contribution in [0.4, 0.5) is 0 Å². The lowest BCUT2D eigenvalue weighted by atomic mass is 10.0. The predicted octanol–water partition coefficient (Wildman–Crippen LogP) is 2.89. The summed E-state index contributed by atoms with van der Waals surface area (Å²) >= 11 is 0. The summed E-state index contributed by atoms with van der Waals surface area (Å²) in [4.78, 5) is 2.75. The predicted molar refractivity (Wildman–Crippen MR) is 74.2 cm³/mol. The Balaban J connectivity index is 1.84. The van der Waals surface area contributed by atoms with E-state index in [0.29, 0.717) is 0 Å². The van der Waals surface area contributed by atoms with E-state index in [-0.39, 0.29) is 0 Å². The average Bonchev–Trinajstić information content (AvgIpc) is 3.08. The third kappa shape index (κ3) is 4.26. The third-order valence-electron chi connectivity index (χ3n) is 4.48. The van der Waals surface area contributed by atoms with Crippen LogP contribution in [0, 0.1) is 11.8 Å². The monoisotopic (exact) mass is 238 g/mol. The lowest BCUT2D eigenvalue weighted by Crippen LogP contribution is -2.46. The topological polar surface area (TPSA) is 15.3 Å². The van der Waals surface area contributed by atoms with E-state index in [9.17, 15) is 0 Å². The van der Waals surface area contributed by atoms with Crippen LogP contribution in [0.15, 0.2) is 0 Å². The summed E-state index contributed by atoms with van der Waals surface area (Å²) in [6.45, 7) is 11.0. The molecule has 2 unspecified atom stereocenters. The first-order valence-electron chi connectivity index (χ1n) is 7.64. The van der Waals surface area contributed by atoms with Gasteiger partial charge in [0.25, 0.3) is 0 Å². The van der Waals surface area contributed by atoms with Crippen LogP contribution in [-0.2, 0) is 0 Å². The van der Waals surface area contributed by atoms with Gasteiger partial charge >= 0.3 is 0 Å². The van der Waals surface area contributed by atoms with Crippen LogP contribution in [0.3, 0.4) is 0 Å². The highest BCUT2D eigenvalue weighted by Crippen LogP contribution is 2.23. The summed E-state index contributed by atoms with van der Waals surface area (Å²) in [5, 5.41) is 3.73. The van der Waals surface area contributed by atoms with Gasteiger partial charge in [-0.05, 0) is 57.0 Å². The van der Waals surface area contributed by atoms with Gasteiger partial charge in [-0.15, -0.1) is 0 Å². The molecule has 17 heavy (non-hydrogen) atoms. The number of hydrogen-bond acceptors (Lipinski definition) is 2. The van der Waals surface area contributed by atoms with E-state index in [0.717, 1.165) is 23.9 Å². The summed E-state index contributed by atoms with van der Waals surface area (Å²) in [7, 11) is 0. The minimum atomic E-state index is 0.751. The fraction of sp³-hybridized carbons (Fsp3) is 1.00. The lowest BCUT2D eigenvalue weighted by molar-refractivity contribution is 0.155. The first-order valence-corrected chi connectivity index (χ1v) is 7.64. The first kappa shape index (κ1) is 13.4. The standard InChI is InChI=1S/C15H30N2/c1-12(2)15(11-16-14-6-7-14)17-9-4-5-13(3)8-10-17/h12-16H,4-11H2,1-3H3. The second-order valence-electron chi connectivity index (χ2n) is 6.57. The summed E-state index contributed by atoms with van der Waals surface area (Å²) in [6.07, 6.45) is 7.03. The Kier molecular flexibility index (Phi) is 4.87. The van der Waals surface area contributed by atoms with Crippen LogP contribution in [0.25, 0.3) is 0 Å². The molecule has 0 radical (unpaired) electrons. The average molecular weight is 238 g/mol. The molecule has 0 aromatic heterocycles. The smallest absolute Gasteiger partial charge is 0.0243 e. The zero-order valence-electron chi connectivity index (χ0n) is 11.9. The molecule has 2 nitrogen and oxygen atoms in total. The van der Waals surface area contributed by atoms with Crippen LogP contribution in [0.1, 0.15) is 52.9 Å². The van der Waals surface area contributed by atoms with E-state index < -0.39 is 0 Å². The van der Waals surface area contributed by atoms with Gasteiger partial charge in [0.15, 0.2) is 0 Å². The van der Waals surface area contributed by atoms with Gasteiger partial charge in [-0.2, -0.15) is 0 Å². The molecule has 1 aliphatic carbocycles. The molecule has 1 heterocycles. The minimum Gasteiger partial charge on any atom is -0.312 e. The maximum atomic E-state index is 3.73. The molecule has 2 aliphatic rings. The summed E-state index contributed by atoms with van der Waals surface area (Å²) in [5.41, 5.74) is 0. The van der Waals surface area contributed by atoms with Crippen molar-refractivity contribution < 1.29 is 0 Å². The van der Waals surface area contributed by atoms with E-state index in [4.69, 9.17) is 0 Å². The van der Waals surface area contributed by atoms with Crippen molar-refractivity contribution in [2.24, 2.45) is 11.8 Å². The van der Waals surface area contributed by atoms with Crippen LogP contribution < -0.4 is 5.32 Å². The Morgan fingerprint density at radius 1 is 1.12 bits per heavy atom. The summed E-state index contributed by atoms with van der Waals surface area (Å²) < 4.78 is 0. The van der Waals surface area contributed by atoms with Crippen molar-refractivity contribution in [2.45, 2.75) is 65.0 Å². The fourth-order valence-corrected chi connectivity index (χ4v) is 2.98. The molecule has 0 spiro atoms. The van der Waals surface area contributed by atoms with Crippen molar-refractivity contribution in [3.8, 4) is 0 Å². The van der Waals surface area contributed by atoms with E-state index in [1.165, 1.54) is 51.7 Å². The molecule has 1 N–H and O–H groups in total. The molecule has 2 heteroatoms. The molecule has 1 aliphatic heterocycles. The van der Waals surface area contributed by atoms with Gasteiger partial charge in [-0.1, -0.05) is 20.8 Å². The van der Waals surface area contributed by atoms with Crippen LogP contribution >= 0.6 is 0 Å². The SMILES string of the molecule is CC1CCCN(C(CNC2CC2)C(C)C)CC1. The van der Waals surface area contributed by atoms with Crippen LogP contribution in [-0.4, -0.2) is 36.6 Å². The van der Waals surface area contributed by atoms with E-state index in [1.54, 1.807) is 0 Å². The quantitative estimate of drug-likeness (QED) is 0.792. The van der Waals surface area contributed by atoms with Gasteiger partial charge in [0, 0.05) is 18.6 Å². The number of rotatable bonds is 5. The zero-order valence-corrected chi connectivity index (χ0v) is 11.9. The number of nitrogens with zero attached hydrogens (tertiary/aromatic N) is 1. The largest absolute Gasteiger partial charge is 0.312 e. The van der Waals surface area contributed by atoms with Gasteiger partial charge in [0.2, 0.25) is 0 Å². The van der Waals surface area contributed by atoms with Crippen molar-refractivity contribution in [3.63, 3.8) is 0 Å². The number of nitrogens with one attached hydrogen (secondary N) is 1. The number of likely N-dealkylation sites (tertiary alicyclic amines) is 1. The molecule has 1 saturated carbocycles. The molecular formula is C15H30N2. The van der Waals surface area contributed by atoms with E-state index >= 15 is 0 Å². The van der Waals surface area contributed by atoms with Gasteiger partial charge < -0.3 is 5.32 Å². The maximum Gasteiger partial charge on any atom is 0.0243 e. The highest BCUT2D eigenvalue weighted by molar-refractivity contribution is 4.86. The van der Waals surface area contributed by atoms with Crippen LogP contribution in [0.5, 0.6) is 0 Å².